The van der Waals surface area contributed by atoms with E-state index < -0.39 is 20.5 Å². The zero-order chi connectivity index (χ0) is 10.1. The number of halogens is 3. The summed E-state index contributed by atoms with van der Waals surface area (Å²) in [6.45, 7) is 0. The molecule has 72 valence electrons. The molecule has 0 heterocycles. The van der Waals surface area contributed by atoms with Gasteiger partial charge in [0.05, 0.1) is 4.90 Å². The Bertz CT molecular complexity index is 385. The van der Waals surface area contributed by atoms with Gasteiger partial charge in [0.1, 0.15) is 0 Å². The molecule has 6 heteroatoms. The van der Waals surface area contributed by atoms with Crippen LogP contribution in [0.2, 0.25) is 5.02 Å². The number of alkyl halides is 2. The molecule has 0 aromatic heterocycles. The Morgan fingerprint density at radius 2 is 1.62 bits per heavy atom. The molecule has 1 aromatic rings. The number of benzene rings is 1. The third kappa shape index (κ3) is 2.16. The average Bonchev–Trinajstić information content (AvgIpc) is 2.04. The summed E-state index contributed by atoms with van der Waals surface area (Å²) < 4.78 is 45.7. The van der Waals surface area contributed by atoms with Crippen LogP contribution in [0.4, 0.5) is 8.78 Å². The van der Waals surface area contributed by atoms with Gasteiger partial charge in [0, 0.05) is 5.02 Å². The van der Waals surface area contributed by atoms with Crippen LogP contribution < -0.4 is 0 Å². The SMILES string of the molecule is O=S(=O)(c1ccc(Cl)cc1)C(F)F. The van der Waals surface area contributed by atoms with Crippen molar-refractivity contribution in [3.8, 4) is 0 Å². The van der Waals surface area contributed by atoms with Crippen LogP contribution >= 0.6 is 11.6 Å². The van der Waals surface area contributed by atoms with Gasteiger partial charge in [0.2, 0.25) is 9.84 Å². The fourth-order valence-corrected chi connectivity index (χ4v) is 1.57. The van der Waals surface area contributed by atoms with Gasteiger partial charge >= 0.3 is 5.76 Å². The summed E-state index contributed by atoms with van der Waals surface area (Å²) in [6.07, 6.45) is 0. The van der Waals surface area contributed by atoms with E-state index in [0.29, 0.717) is 5.02 Å². The van der Waals surface area contributed by atoms with Gasteiger partial charge in [-0.05, 0) is 24.3 Å². The van der Waals surface area contributed by atoms with Crippen LogP contribution in [0.5, 0.6) is 0 Å². The van der Waals surface area contributed by atoms with Crippen molar-refractivity contribution in [3.63, 3.8) is 0 Å². The molecular weight excluding hydrogens is 222 g/mol. The van der Waals surface area contributed by atoms with E-state index in [1.807, 2.05) is 0 Å². The smallest absolute Gasteiger partial charge is 0.218 e. The van der Waals surface area contributed by atoms with Gasteiger partial charge in [-0.25, -0.2) is 8.42 Å². The van der Waals surface area contributed by atoms with Gasteiger partial charge in [0.25, 0.3) is 0 Å². The minimum absolute atomic E-state index is 0.299. The second kappa shape index (κ2) is 3.59. The second-order valence-electron chi connectivity index (χ2n) is 2.26. The predicted molar refractivity (Wildman–Crippen MR) is 44.6 cm³/mol. The zero-order valence-electron chi connectivity index (χ0n) is 6.25. The van der Waals surface area contributed by atoms with Gasteiger partial charge in [-0.1, -0.05) is 11.6 Å². The topological polar surface area (TPSA) is 34.1 Å². The van der Waals surface area contributed by atoms with E-state index in [2.05, 4.69) is 0 Å². The van der Waals surface area contributed by atoms with Gasteiger partial charge in [-0.2, -0.15) is 8.78 Å². The summed E-state index contributed by atoms with van der Waals surface area (Å²) in [4.78, 5) is -0.424. The maximum Gasteiger partial charge on any atom is 0.341 e. The summed E-state index contributed by atoms with van der Waals surface area (Å²) in [5.74, 6) is -3.39. The lowest BCUT2D eigenvalue weighted by Gasteiger charge is -2.01. The Balaban J connectivity index is 3.17. The maximum absolute atomic E-state index is 12.0. The number of hydrogen-bond acceptors (Lipinski definition) is 2. The van der Waals surface area contributed by atoms with Crippen LogP contribution in [-0.2, 0) is 9.84 Å². The van der Waals surface area contributed by atoms with Crippen molar-refractivity contribution in [1.29, 1.82) is 0 Å². The quantitative estimate of drug-likeness (QED) is 0.776. The Morgan fingerprint density at radius 1 is 1.15 bits per heavy atom. The Morgan fingerprint density at radius 3 is 2.00 bits per heavy atom. The minimum Gasteiger partial charge on any atom is -0.218 e. The van der Waals surface area contributed by atoms with E-state index in [1.165, 1.54) is 12.1 Å². The molecule has 0 spiro atoms. The zero-order valence-corrected chi connectivity index (χ0v) is 7.82. The Hall–Kier alpha value is -0.680. The standard InChI is InChI=1S/C7H5ClF2O2S/c8-5-1-3-6(4-2-5)13(11,12)7(9)10/h1-4,7H. The van der Waals surface area contributed by atoms with E-state index in [-0.39, 0.29) is 0 Å². The molecule has 0 saturated carbocycles. The number of hydrogen-bond donors (Lipinski definition) is 0. The highest BCUT2D eigenvalue weighted by Crippen LogP contribution is 2.19. The van der Waals surface area contributed by atoms with Crippen molar-refractivity contribution < 1.29 is 17.2 Å². The van der Waals surface area contributed by atoms with Crippen molar-refractivity contribution in [3.05, 3.63) is 29.3 Å². The number of sulfone groups is 1. The predicted octanol–water partition coefficient (Wildman–Crippen LogP) is 2.34. The van der Waals surface area contributed by atoms with Crippen molar-refractivity contribution >= 4 is 21.4 Å². The highest BCUT2D eigenvalue weighted by atomic mass is 35.5. The molecular formula is C7H5ClF2O2S. The van der Waals surface area contributed by atoms with Crippen molar-refractivity contribution in [1.82, 2.24) is 0 Å². The number of rotatable bonds is 2. The minimum atomic E-state index is -4.49. The first-order chi connectivity index (χ1) is 5.94. The van der Waals surface area contributed by atoms with Gasteiger partial charge < -0.3 is 0 Å². The molecule has 13 heavy (non-hydrogen) atoms. The lowest BCUT2D eigenvalue weighted by Crippen LogP contribution is -2.10. The van der Waals surface area contributed by atoms with Crippen molar-refractivity contribution in [2.24, 2.45) is 0 Å². The summed E-state index contributed by atoms with van der Waals surface area (Å²) in [7, 11) is -4.49. The molecule has 0 saturated heterocycles. The van der Waals surface area contributed by atoms with Crippen LogP contribution in [0.1, 0.15) is 0 Å². The molecule has 0 aliphatic rings. The monoisotopic (exact) mass is 226 g/mol. The molecule has 0 aliphatic heterocycles. The van der Waals surface area contributed by atoms with E-state index >= 15 is 0 Å². The van der Waals surface area contributed by atoms with E-state index in [9.17, 15) is 17.2 Å². The molecule has 1 aromatic carbocycles. The highest BCUT2D eigenvalue weighted by Gasteiger charge is 2.25. The molecule has 0 radical (unpaired) electrons. The highest BCUT2D eigenvalue weighted by molar-refractivity contribution is 7.91. The molecule has 0 atom stereocenters. The Kier molecular flexibility index (Phi) is 2.87. The Labute approximate surface area is 79.1 Å². The lowest BCUT2D eigenvalue weighted by atomic mass is 10.4. The van der Waals surface area contributed by atoms with Crippen molar-refractivity contribution in [2.75, 3.05) is 0 Å². The summed E-state index contributed by atoms with van der Waals surface area (Å²) in [6, 6.07) is 4.58. The van der Waals surface area contributed by atoms with E-state index in [1.54, 1.807) is 0 Å². The molecule has 2 nitrogen and oxygen atoms in total. The lowest BCUT2D eigenvalue weighted by molar-refractivity contribution is 0.234. The summed E-state index contributed by atoms with van der Waals surface area (Å²) in [5.41, 5.74) is 0. The maximum atomic E-state index is 12.0. The van der Waals surface area contributed by atoms with Crippen molar-refractivity contribution in [2.45, 2.75) is 10.7 Å². The van der Waals surface area contributed by atoms with Crippen LogP contribution in [0.3, 0.4) is 0 Å². The van der Waals surface area contributed by atoms with E-state index in [4.69, 9.17) is 11.6 Å². The van der Waals surface area contributed by atoms with Crippen LogP contribution in [-0.4, -0.2) is 14.2 Å². The van der Waals surface area contributed by atoms with Gasteiger partial charge in [-0.3, -0.25) is 0 Å². The largest absolute Gasteiger partial charge is 0.341 e. The molecule has 0 N–H and O–H groups in total. The molecule has 0 amide bonds. The molecule has 0 unspecified atom stereocenters. The second-order valence-corrected chi connectivity index (χ2v) is 4.61. The molecule has 0 bridgehead atoms. The molecule has 1 rings (SSSR count). The molecule has 0 aliphatic carbocycles. The van der Waals surface area contributed by atoms with Gasteiger partial charge in [0.15, 0.2) is 0 Å². The average molecular weight is 227 g/mol. The third-order valence-electron chi connectivity index (χ3n) is 1.38. The van der Waals surface area contributed by atoms with Crippen LogP contribution in [0, 0.1) is 0 Å². The molecule has 0 fully saturated rings. The van der Waals surface area contributed by atoms with Gasteiger partial charge in [-0.15, -0.1) is 0 Å². The fraction of sp³-hybridized carbons (Fsp3) is 0.143. The normalized spacial score (nSPS) is 12.0. The summed E-state index contributed by atoms with van der Waals surface area (Å²) >= 11 is 5.46. The first-order valence-corrected chi connectivity index (χ1v) is 5.14. The van der Waals surface area contributed by atoms with Crippen LogP contribution in [0.15, 0.2) is 29.2 Å². The summed E-state index contributed by atoms with van der Waals surface area (Å²) in [5, 5.41) is 0.299. The third-order valence-corrected chi connectivity index (χ3v) is 3.03. The van der Waals surface area contributed by atoms with E-state index in [0.717, 1.165) is 12.1 Å². The van der Waals surface area contributed by atoms with Crippen LogP contribution in [0.25, 0.3) is 0 Å². The fourth-order valence-electron chi connectivity index (χ4n) is 0.727. The first-order valence-electron chi connectivity index (χ1n) is 3.22. The first kappa shape index (κ1) is 10.4.